The van der Waals surface area contributed by atoms with Crippen LogP contribution in [0.25, 0.3) is 0 Å². The van der Waals surface area contributed by atoms with E-state index < -0.39 is 0 Å². The van der Waals surface area contributed by atoms with Crippen LogP contribution in [0.4, 0.5) is 0 Å². The fourth-order valence-electron chi connectivity index (χ4n) is 1.75. The molecular weight excluding hydrogens is 232 g/mol. The molecule has 2 rings (SSSR count). The maximum atomic E-state index is 3.44. The van der Waals surface area contributed by atoms with Crippen LogP contribution in [0.5, 0.6) is 0 Å². The molecule has 2 aliphatic rings. The average Bonchev–Trinajstić information content (AvgIpc) is 2.76. The van der Waals surface area contributed by atoms with Gasteiger partial charge in [-0.2, -0.15) is 17.2 Å². The van der Waals surface area contributed by atoms with Crippen molar-refractivity contribution in [2.45, 2.75) is 41.0 Å². The fraction of sp³-hybridized carbons (Fsp3) is 0.467. The van der Waals surface area contributed by atoms with Crippen LogP contribution in [0.15, 0.2) is 34.9 Å². The van der Waals surface area contributed by atoms with Gasteiger partial charge in [-0.15, -0.1) is 13.3 Å². The smallest absolute Gasteiger partial charge is 0.273 e. The van der Waals surface area contributed by atoms with Gasteiger partial charge in [-0.1, -0.05) is 33.1 Å². The second kappa shape index (κ2) is 6.28. The summed E-state index contributed by atoms with van der Waals surface area (Å²) in [6.07, 6.45) is 13.4. The quantitative estimate of drug-likeness (QED) is 0.560. The van der Waals surface area contributed by atoms with Gasteiger partial charge in [0.1, 0.15) is 0 Å². The van der Waals surface area contributed by atoms with E-state index in [1.165, 1.54) is 16.7 Å². The predicted molar refractivity (Wildman–Crippen MR) is 66.2 cm³/mol. The van der Waals surface area contributed by atoms with Gasteiger partial charge in [0.25, 0.3) is 0 Å². The Bertz CT molecular complexity index is 342. The normalized spacial score (nSPS) is 20.2. The number of hydrogen-bond donors (Lipinski definition) is 0. The van der Waals surface area contributed by atoms with Crippen molar-refractivity contribution in [2.24, 2.45) is 5.41 Å². The molecule has 0 bridgehead atoms. The zero-order chi connectivity index (χ0) is 11.5. The van der Waals surface area contributed by atoms with Gasteiger partial charge in [0.05, 0.1) is 0 Å². The second-order valence-corrected chi connectivity index (χ2v) is 4.63. The van der Waals surface area contributed by atoms with Crippen molar-refractivity contribution < 1.29 is 17.4 Å². The third-order valence-corrected chi connectivity index (χ3v) is 3.15. The summed E-state index contributed by atoms with van der Waals surface area (Å²) < 4.78 is 0. The molecule has 86 valence electrons. The Balaban J connectivity index is 0.000000318. The van der Waals surface area contributed by atoms with E-state index in [-0.39, 0.29) is 22.8 Å². The van der Waals surface area contributed by atoms with Crippen LogP contribution in [0.2, 0.25) is 0 Å². The van der Waals surface area contributed by atoms with Gasteiger partial charge in [0, 0.05) is 0 Å². The standard InChI is InChI=1S/C10H15.C5H5.Cr/c1-7-6-10(4,5)9(3)8(7)2;1-2-4-5-3-1;/h1-5H3;1-3H,4H2;/q2*-1;+2. The van der Waals surface area contributed by atoms with Crippen LogP contribution in [0.3, 0.4) is 0 Å². The minimum absolute atomic E-state index is 0. The van der Waals surface area contributed by atoms with Crippen LogP contribution in [0, 0.1) is 17.6 Å². The Labute approximate surface area is 111 Å². The Morgan fingerprint density at radius 1 is 1.19 bits per heavy atom. The van der Waals surface area contributed by atoms with Crippen LogP contribution in [-0.2, 0) is 17.4 Å². The van der Waals surface area contributed by atoms with Gasteiger partial charge in [-0.3, -0.25) is 12.2 Å². The van der Waals surface area contributed by atoms with Gasteiger partial charge < -0.3 is 0 Å². The maximum Gasteiger partial charge on any atom is 2.00 e. The first-order valence-electron chi connectivity index (χ1n) is 5.47. The number of allylic oxidation sites excluding steroid dienone is 8. The molecule has 0 unspecified atom stereocenters. The van der Waals surface area contributed by atoms with Crippen molar-refractivity contribution in [3.05, 3.63) is 47.1 Å². The van der Waals surface area contributed by atoms with E-state index in [4.69, 9.17) is 0 Å². The Kier molecular flexibility index (Phi) is 6.08. The largest absolute Gasteiger partial charge is 2.00 e. The van der Waals surface area contributed by atoms with Gasteiger partial charge in [-0.05, 0) is 0 Å². The Hall–Kier alpha value is -0.508. The summed E-state index contributed by atoms with van der Waals surface area (Å²) in [5.74, 6) is 0. The molecule has 0 aromatic rings. The van der Waals surface area contributed by atoms with Crippen LogP contribution < -0.4 is 0 Å². The van der Waals surface area contributed by atoms with Crippen molar-refractivity contribution in [3.63, 3.8) is 0 Å². The van der Waals surface area contributed by atoms with E-state index in [2.05, 4.69) is 52.8 Å². The molecule has 0 N–H and O–H groups in total. The molecule has 2 aliphatic carbocycles. The minimum Gasteiger partial charge on any atom is -0.273 e. The van der Waals surface area contributed by atoms with Crippen LogP contribution >= 0.6 is 0 Å². The zero-order valence-electron chi connectivity index (χ0n) is 10.8. The third-order valence-electron chi connectivity index (χ3n) is 3.15. The monoisotopic (exact) mass is 252 g/mol. The zero-order valence-corrected chi connectivity index (χ0v) is 12.1. The first-order chi connectivity index (χ1) is 6.95. The molecule has 0 atom stereocenters. The van der Waals surface area contributed by atoms with Gasteiger partial charge in [0.15, 0.2) is 0 Å². The van der Waals surface area contributed by atoms with E-state index in [1.807, 2.05) is 12.2 Å². The molecule has 0 saturated carbocycles. The summed E-state index contributed by atoms with van der Waals surface area (Å²) in [6, 6.07) is 0. The average molecular weight is 252 g/mol. The first kappa shape index (κ1) is 15.5. The van der Waals surface area contributed by atoms with Gasteiger partial charge in [0.2, 0.25) is 0 Å². The molecule has 0 aromatic carbocycles. The van der Waals surface area contributed by atoms with Crippen molar-refractivity contribution in [1.29, 1.82) is 0 Å². The molecule has 0 aliphatic heterocycles. The summed E-state index contributed by atoms with van der Waals surface area (Å²) in [6.45, 7) is 10.9. The topological polar surface area (TPSA) is 0 Å². The van der Waals surface area contributed by atoms with Crippen molar-refractivity contribution >= 4 is 0 Å². The van der Waals surface area contributed by atoms with Gasteiger partial charge in [-0.25, -0.2) is 17.7 Å². The third kappa shape index (κ3) is 3.82. The predicted octanol–water partition coefficient (Wildman–Crippen LogP) is 4.42. The molecule has 0 radical (unpaired) electrons. The van der Waals surface area contributed by atoms with E-state index in [0.717, 1.165) is 6.42 Å². The van der Waals surface area contributed by atoms with E-state index in [1.54, 1.807) is 0 Å². The Morgan fingerprint density at radius 3 is 1.94 bits per heavy atom. The summed E-state index contributed by atoms with van der Waals surface area (Å²) in [7, 11) is 0. The second-order valence-electron chi connectivity index (χ2n) is 4.63. The molecule has 0 fully saturated rings. The molecule has 0 spiro atoms. The van der Waals surface area contributed by atoms with E-state index in [9.17, 15) is 0 Å². The summed E-state index contributed by atoms with van der Waals surface area (Å²) >= 11 is 0. The SMILES string of the molecule is CC1=[C-]C(C)(C)C(C)=C1C.[C-]1=CC=CC1.[Cr+2]. The number of hydrogen-bond acceptors (Lipinski definition) is 0. The molecular formula is C15H20Cr. The molecule has 0 nitrogen and oxygen atoms in total. The fourth-order valence-corrected chi connectivity index (χ4v) is 1.75. The maximum absolute atomic E-state index is 3.44. The molecule has 0 amide bonds. The van der Waals surface area contributed by atoms with Crippen LogP contribution in [-0.4, -0.2) is 0 Å². The van der Waals surface area contributed by atoms with E-state index >= 15 is 0 Å². The van der Waals surface area contributed by atoms with Crippen molar-refractivity contribution in [3.8, 4) is 0 Å². The molecule has 0 saturated heterocycles. The molecule has 0 aromatic heterocycles. The summed E-state index contributed by atoms with van der Waals surface area (Å²) in [5.41, 5.74) is 4.39. The number of rotatable bonds is 0. The summed E-state index contributed by atoms with van der Waals surface area (Å²) in [4.78, 5) is 0. The van der Waals surface area contributed by atoms with Crippen molar-refractivity contribution in [2.75, 3.05) is 0 Å². The molecule has 1 heteroatoms. The van der Waals surface area contributed by atoms with Crippen LogP contribution in [0.1, 0.15) is 41.0 Å². The Morgan fingerprint density at radius 2 is 1.81 bits per heavy atom. The summed E-state index contributed by atoms with van der Waals surface area (Å²) in [5, 5.41) is 0. The van der Waals surface area contributed by atoms with Gasteiger partial charge >= 0.3 is 17.4 Å². The minimum atomic E-state index is 0. The van der Waals surface area contributed by atoms with E-state index in [0.29, 0.717) is 0 Å². The van der Waals surface area contributed by atoms with Crippen molar-refractivity contribution in [1.82, 2.24) is 0 Å². The molecule has 0 heterocycles. The first-order valence-corrected chi connectivity index (χ1v) is 5.47. The molecule has 16 heavy (non-hydrogen) atoms.